The molecule has 0 bridgehead atoms. The first kappa shape index (κ1) is 23.8. The van der Waals surface area contributed by atoms with E-state index in [1.54, 1.807) is 67.8 Å². The number of carbonyl (C=O) groups excluding carboxylic acids is 2. The number of carbonyl (C=O) groups is 2. The summed E-state index contributed by atoms with van der Waals surface area (Å²) in [6.07, 6.45) is 3.02. The van der Waals surface area contributed by atoms with Gasteiger partial charge in [0.05, 0.1) is 7.11 Å². The number of methoxy groups -OCH3 is 1. The van der Waals surface area contributed by atoms with E-state index in [9.17, 15) is 14.0 Å². The minimum absolute atomic E-state index is 0.235. The fourth-order valence-electron chi connectivity index (χ4n) is 3.89. The van der Waals surface area contributed by atoms with Gasteiger partial charge in [-0.1, -0.05) is 48.5 Å². The average Bonchev–Trinajstić information content (AvgIpc) is 3.32. The molecule has 1 heterocycles. The second-order valence-electron chi connectivity index (χ2n) is 8.20. The third-order valence-electron chi connectivity index (χ3n) is 5.78. The molecule has 4 aromatic carbocycles. The van der Waals surface area contributed by atoms with Crippen molar-refractivity contribution >= 4 is 28.8 Å². The largest absolute Gasteiger partial charge is 0.497 e. The molecule has 5 rings (SSSR count). The van der Waals surface area contributed by atoms with Crippen molar-refractivity contribution < 1.29 is 27.9 Å². The first-order chi connectivity index (χ1) is 18.0. The van der Waals surface area contributed by atoms with E-state index in [1.165, 1.54) is 18.2 Å². The van der Waals surface area contributed by atoms with E-state index in [-0.39, 0.29) is 22.9 Å². The number of halogens is 1. The van der Waals surface area contributed by atoms with Crippen LogP contribution in [0, 0.1) is 5.82 Å². The molecule has 6 heteroatoms. The van der Waals surface area contributed by atoms with Crippen LogP contribution >= 0.6 is 0 Å². The van der Waals surface area contributed by atoms with Gasteiger partial charge in [0.15, 0.2) is 5.78 Å². The number of hydrogen-bond donors (Lipinski definition) is 0. The minimum atomic E-state index is -0.596. The fraction of sp³-hybridized carbons (Fsp3) is 0.0323. The number of esters is 1. The number of benzene rings is 4. The lowest BCUT2D eigenvalue weighted by Gasteiger charge is -2.06. The number of rotatable bonds is 7. The predicted octanol–water partition coefficient (Wildman–Crippen LogP) is 7.36. The fourth-order valence-corrected chi connectivity index (χ4v) is 3.89. The summed E-state index contributed by atoms with van der Waals surface area (Å²) in [6, 6.07) is 26.6. The standard InChI is InChI=1S/C31H21FO5/c1-35-25-16-18-28-26(19-25)29(30(37-28)22-5-3-2-4-6-22)31(34)36-24-14-10-21(11-15-24)27(33)17-9-20-7-12-23(32)13-8-20/h2-19H,1H3/b17-9+. The number of ether oxygens (including phenoxy) is 2. The lowest BCUT2D eigenvalue weighted by molar-refractivity contribution is 0.0737. The molecule has 0 aliphatic rings. The van der Waals surface area contributed by atoms with Crippen LogP contribution in [-0.4, -0.2) is 18.9 Å². The summed E-state index contributed by atoms with van der Waals surface area (Å²) >= 11 is 0. The Hall–Kier alpha value is -4.97. The van der Waals surface area contributed by atoms with Gasteiger partial charge in [0.25, 0.3) is 0 Å². The van der Waals surface area contributed by atoms with Crippen LogP contribution in [0.5, 0.6) is 11.5 Å². The molecule has 182 valence electrons. The zero-order chi connectivity index (χ0) is 25.8. The van der Waals surface area contributed by atoms with Gasteiger partial charge in [-0.15, -0.1) is 0 Å². The number of allylic oxidation sites excluding steroid dienone is 1. The number of fused-ring (bicyclic) bond motifs is 1. The summed E-state index contributed by atoms with van der Waals surface area (Å²) in [4.78, 5) is 25.9. The van der Waals surface area contributed by atoms with E-state index in [4.69, 9.17) is 13.9 Å². The van der Waals surface area contributed by atoms with Gasteiger partial charge in [0, 0.05) is 16.5 Å². The predicted molar refractivity (Wildman–Crippen MR) is 139 cm³/mol. The summed E-state index contributed by atoms with van der Waals surface area (Å²) in [6.45, 7) is 0. The van der Waals surface area contributed by atoms with Gasteiger partial charge in [-0.3, -0.25) is 4.79 Å². The Balaban J connectivity index is 1.39. The Morgan fingerprint density at radius 2 is 1.54 bits per heavy atom. The summed E-state index contributed by atoms with van der Waals surface area (Å²) in [7, 11) is 1.55. The van der Waals surface area contributed by atoms with Crippen molar-refractivity contribution in [1.29, 1.82) is 0 Å². The highest BCUT2D eigenvalue weighted by Gasteiger charge is 2.24. The summed E-state index contributed by atoms with van der Waals surface area (Å²) in [5.41, 5.74) is 2.67. The molecule has 0 aliphatic heterocycles. The van der Waals surface area contributed by atoms with E-state index < -0.39 is 5.97 Å². The second kappa shape index (κ2) is 10.3. The van der Waals surface area contributed by atoms with Crippen molar-refractivity contribution in [3.05, 3.63) is 126 Å². The van der Waals surface area contributed by atoms with Crippen LogP contribution in [0.1, 0.15) is 26.3 Å². The van der Waals surface area contributed by atoms with Gasteiger partial charge in [0.2, 0.25) is 0 Å². The molecule has 0 atom stereocenters. The van der Waals surface area contributed by atoms with Crippen molar-refractivity contribution in [2.75, 3.05) is 7.11 Å². The summed E-state index contributed by atoms with van der Waals surface area (Å²) in [5.74, 6) is 0.0834. The SMILES string of the molecule is COc1ccc2oc(-c3ccccc3)c(C(=O)Oc3ccc(C(=O)/C=C/c4ccc(F)cc4)cc3)c2c1. The Labute approximate surface area is 212 Å². The molecule has 5 nitrogen and oxygen atoms in total. The van der Waals surface area contributed by atoms with Crippen LogP contribution in [0.2, 0.25) is 0 Å². The number of hydrogen-bond acceptors (Lipinski definition) is 5. The third kappa shape index (κ3) is 5.18. The Morgan fingerprint density at radius 3 is 2.24 bits per heavy atom. The lowest BCUT2D eigenvalue weighted by Crippen LogP contribution is -2.09. The number of furan rings is 1. The van der Waals surface area contributed by atoms with E-state index in [1.807, 2.05) is 30.3 Å². The zero-order valence-electron chi connectivity index (χ0n) is 19.8. The molecule has 0 spiro atoms. The molecule has 0 amide bonds. The first-order valence-corrected chi connectivity index (χ1v) is 11.5. The molecule has 0 fully saturated rings. The van der Waals surface area contributed by atoms with Crippen molar-refractivity contribution in [2.24, 2.45) is 0 Å². The zero-order valence-corrected chi connectivity index (χ0v) is 19.8. The van der Waals surface area contributed by atoms with Gasteiger partial charge < -0.3 is 13.9 Å². The molecule has 37 heavy (non-hydrogen) atoms. The van der Waals surface area contributed by atoms with Crippen LogP contribution in [0.4, 0.5) is 4.39 Å². The highest BCUT2D eigenvalue weighted by Crippen LogP contribution is 2.36. The Morgan fingerprint density at radius 1 is 0.838 bits per heavy atom. The monoisotopic (exact) mass is 492 g/mol. The highest BCUT2D eigenvalue weighted by molar-refractivity contribution is 6.10. The maximum atomic E-state index is 13.4. The first-order valence-electron chi connectivity index (χ1n) is 11.5. The van der Waals surface area contributed by atoms with Crippen LogP contribution < -0.4 is 9.47 Å². The van der Waals surface area contributed by atoms with Crippen molar-refractivity contribution in [3.8, 4) is 22.8 Å². The molecule has 0 unspecified atom stereocenters. The van der Waals surface area contributed by atoms with Crippen molar-refractivity contribution in [3.63, 3.8) is 0 Å². The van der Waals surface area contributed by atoms with Crippen LogP contribution in [-0.2, 0) is 0 Å². The molecular weight excluding hydrogens is 471 g/mol. The molecule has 0 radical (unpaired) electrons. The number of ketones is 1. The van der Waals surface area contributed by atoms with E-state index in [0.29, 0.717) is 33.6 Å². The lowest BCUT2D eigenvalue weighted by atomic mass is 10.1. The maximum absolute atomic E-state index is 13.4. The Kier molecular flexibility index (Phi) is 6.64. The maximum Gasteiger partial charge on any atom is 0.348 e. The van der Waals surface area contributed by atoms with Crippen LogP contribution in [0.15, 0.2) is 108 Å². The van der Waals surface area contributed by atoms with E-state index in [0.717, 1.165) is 5.56 Å². The average molecular weight is 493 g/mol. The minimum Gasteiger partial charge on any atom is -0.497 e. The molecular formula is C31H21FO5. The highest BCUT2D eigenvalue weighted by atomic mass is 19.1. The van der Waals surface area contributed by atoms with Gasteiger partial charge >= 0.3 is 5.97 Å². The normalized spacial score (nSPS) is 11.1. The molecule has 5 aromatic rings. The van der Waals surface area contributed by atoms with Gasteiger partial charge in [-0.25, -0.2) is 9.18 Å². The van der Waals surface area contributed by atoms with Crippen LogP contribution in [0.25, 0.3) is 28.4 Å². The van der Waals surface area contributed by atoms with Gasteiger partial charge in [-0.2, -0.15) is 0 Å². The van der Waals surface area contributed by atoms with Gasteiger partial charge in [0.1, 0.15) is 34.2 Å². The molecule has 1 aromatic heterocycles. The van der Waals surface area contributed by atoms with E-state index >= 15 is 0 Å². The molecule has 0 N–H and O–H groups in total. The molecule has 0 aliphatic carbocycles. The van der Waals surface area contributed by atoms with Crippen molar-refractivity contribution in [2.45, 2.75) is 0 Å². The third-order valence-corrected chi connectivity index (χ3v) is 5.78. The second-order valence-corrected chi connectivity index (χ2v) is 8.20. The molecule has 0 saturated heterocycles. The summed E-state index contributed by atoms with van der Waals surface area (Å²) in [5, 5.41) is 0.570. The van der Waals surface area contributed by atoms with E-state index in [2.05, 4.69) is 0 Å². The topological polar surface area (TPSA) is 65.7 Å². The summed E-state index contributed by atoms with van der Waals surface area (Å²) < 4.78 is 30.1. The smallest absolute Gasteiger partial charge is 0.348 e. The quantitative estimate of drug-likeness (QED) is 0.103. The Bertz CT molecular complexity index is 1600. The van der Waals surface area contributed by atoms with Crippen LogP contribution in [0.3, 0.4) is 0 Å². The molecule has 0 saturated carbocycles. The van der Waals surface area contributed by atoms with Gasteiger partial charge in [-0.05, 0) is 66.2 Å². The van der Waals surface area contributed by atoms with Crippen molar-refractivity contribution in [1.82, 2.24) is 0 Å².